The molecule has 1 aromatic heterocycles. The van der Waals surface area contributed by atoms with E-state index in [1.165, 1.54) is 0 Å². The van der Waals surface area contributed by atoms with Crippen molar-refractivity contribution >= 4 is 22.2 Å². The van der Waals surface area contributed by atoms with Gasteiger partial charge in [-0.25, -0.2) is 0 Å². The number of hydrogen-bond acceptors (Lipinski definition) is 2. The van der Waals surface area contributed by atoms with Gasteiger partial charge in [-0.3, -0.25) is 4.98 Å². The molecule has 2 nitrogen and oxygen atoms in total. The molecule has 0 aliphatic heterocycles. The second-order valence-electron chi connectivity index (χ2n) is 5.39. The molecule has 0 amide bonds. The van der Waals surface area contributed by atoms with Crippen LogP contribution in [0.15, 0.2) is 83.6 Å². The minimum Gasteiger partial charge on any atom is -0.303 e. The Morgan fingerprint density at radius 3 is 2.17 bits per heavy atom. The van der Waals surface area contributed by atoms with E-state index in [1.54, 1.807) is 12.4 Å². The van der Waals surface area contributed by atoms with Crippen molar-refractivity contribution < 1.29 is 4.79 Å². The molecule has 3 aromatic rings. The molecule has 0 fully saturated rings. The molecule has 3 heteroatoms. The Morgan fingerprint density at radius 1 is 0.870 bits per heavy atom. The SMILES string of the molecule is O=CCC(c1ccccc1)(c1ccncc1)c1cccc(Br)c1. The molecular formula is C20H16BrNO. The summed E-state index contributed by atoms with van der Waals surface area (Å²) in [4.78, 5) is 15.7. The number of pyridine rings is 1. The molecule has 0 aliphatic carbocycles. The van der Waals surface area contributed by atoms with Crippen LogP contribution in [0.5, 0.6) is 0 Å². The molecule has 0 saturated carbocycles. The standard InChI is InChI=1S/C20H16BrNO/c21-19-8-4-7-18(15-19)20(11-14-23,16-5-2-1-3-6-16)17-9-12-22-13-10-17/h1-10,12-15H,11H2. The molecule has 0 radical (unpaired) electrons. The van der Waals surface area contributed by atoms with Crippen LogP contribution in [0.1, 0.15) is 23.1 Å². The summed E-state index contributed by atoms with van der Waals surface area (Å²) < 4.78 is 0.996. The zero-order valence-electron chi connectivity index (χ0n) is 12.5. The highest BCUT2D eigenvalue weighted by Gasteiger charge is 2.36. The zero-order valence-corrected chi connectivity index (χ0v) is 14.1. The van der Waals surface area contributed by atoms with E-state index in [0.29, 0.717) is 6.42 Å². The Labute approximate surface area is 144 Å². The number of rotatable bonds is 5. The highest BCUT2D eigenvalue weighted by atomic mass is 79.9. The molecule has 0 aliphatic rings. The Bertz CT molecular complexity index is 748. The van der Waals surface area contributed by atoms with Gasteiger partial charge in [0.15, 0.2) is 0 Å². The van der Waals surface area contributed by atoms with Crippen LogP contribution in [-0.2, 0) is 10.2 Å². The maximum atomic E-state index is 11.6. The minimum absolute atomic E-state index is 0.373. The first-order valence-corrected chi connectivity index (χ1v) is 8.22. The molecular weight excluding hydrogens is 350 g/mol. The van der Waals surface area contributed by atoms with Crippen LogP contribution in [0.2, 0.25) is 0 Å². The van der Waals surface area contributed by atoms with E-state index < -0.39 is 5.41 Å². The van der Waals surface area contributed by atoms with Crippen LogP contribution >= 0.6 is 15.9 Å². The quantitative estimate of drug-likeness (QED) is 0.609. The van der Waals surface area contributed by atoms with Gasteiger partial charge in [0.2, 0.25) is 0 Å². The van der Waals surface area contributed by atoms with Gasteiger partial charge in [0.25, 0.3) is 0 Å². The third kappa shape index (κ3) is 2.97. The fourth-order valence-electron chi connectivity index (χ4n) is 3.09. The predicted octanol–water partition coefficient (Wildman–Crippen LogP) is 4.77. The van der Waals surface area contributed by atoms with Gasteiger partial charge in [-0.15, -0.1) is 0 Å². The second-order valence-corrected chi connectivity index (χ2v) is 6.30. The first-order valence-electron chi connectivity index (χ1n) is 7.43. The van der Waals surface area contributed by atoms with E-state index in [-0.39, 0.29) is 0 Å². The summed E-state index contributed by atoms with van der Waals surface area (Å²) in [5.41, 5.74) is 2.71. The van der Waals surface area contributed by atoms with Crippen molar-refractivity contribution in [1.82, 2.24) is 4.98 Å². The lowest BCUT2D eigenvalue weighted by molar-refractivity contribution is -0.108. The third-order valence-corrected chi connectivity index (χ3v) is 4.64. The van der Waals surface area contributed by atoms with Crippen LogP contribution in [0.3, 0.4) is 0 Å². The first kappa shape index (κ1) is 15.6. The van der Waals surface area contributed by atoms with Crippen molar-refractivity contribution in [2.45, 2.75) is 11.8 Å². The lowest BCUT2D eigenvalue weighted by Crippen LogP contribution is -2.30. The monoisotopic (exact) mass is 365 g/mol. The van der Waals surface area contributed by atoms with Crippen LogP contribution in [-0.4, -0.2) is 11.3 Å². The Morgan fingerprint density at radius 2 is 1.52 bits per heavy atom. The van der Waals surface area contributed by atoms with Crippen molar-refractivity contribution in [3.05, 3.63) is 100 Å². The van der Waals surface area contributed by atoms with E-state index in [1.807, 2.05) is 42.5 Å². The predicted molar refractivity (Wildman–Crippen MR) is 95.4 cm³/mol. The number of carbonyl (C=O) groups is 1. The number of halogens is 1. The van der Waals surface area contributed by atoms with Crippen LogP contribution in [0.4, 0.5) is 0 Å². The van der Waals surface area contributed by atoms with Crippen molar-refractivity contribution in [3.8, 4) is 0 Å². The topological polar surface area (TPSA) is 30.0 Å². The maximum Gasteiger partial charge on any atom is 0.121 e. The lowest BCUT2D eigenvalue weighted by Gasteiger charge is -2.34. The summed E-state index contributed by atoms with van der Waals surface area (Å²) in [7, 11) is 0. The van der Waals surface area contributed by atoms with Crippen molar-refractivity contribution in [2.75, 3.05) is 0 Å². The minimum atomic E-state index is -0.518. The highest BCUT2D eigenvalue weighted by Crippen LogP contribution is 2.42. The second kappa shape index (κ2) is 6.88. The van der Waals surface area contributed by atoms with Gasteiger partial charge in [-0.1, -0.05) is 58.4 Å². The maximum absolute atomic E-state index is 11.6. The fraction of sp³-hybridized carbons (Fsp3) is 0.100. The molecule has 23 heavy (non-hydrogen) atoms. The Balaban J connectivity index is 2.33. The largest absolute Gasteiger partial charge is 0.303 e. The molecule has 1 atom stereocenters. The van der Waals surface area contributed by atoms with Gasteiger partial charge in [0, 0.05) is 23.3 Å². The summed E-state index contributed by atoms with van der Waals surface area (Å²) in [6.07, 6.45) is 4.91. The van der Waals surface area contributed by atoms with Gasteiger partial charge in [-0.05, 0) is 41.0 Å². The number of nitrogens with zero attached hydrogens (tertiary/aromatic N) is 1. The Kier molecular flexibility index (Phi) is 4.68. The third-order valence-electron chi connectivity index (χ3n) is 4.15. The van der Waals surface area contributed by atoms with E-state index in [9.17, 15) is 4.79 Å². The van der Waals surface area contributed by atoms with Crippen LogP contribution in [0.25, 0.3) is 0 Å². The molecule has 0 N–H and O–H groups in total. The molecule has 1 unspecified atom stereocenters. The molecule has 3 rings (SSSR count). The molecule has 0 bridgehead atoms. The van der Waals surface area contributed by atoms with Gasteiger partial charge < -0.3 is 4.79 Å². The summed E-state index contributed by atoms with van der Waals surface area (Å²) >= 11 is 3.55. The van der Waals surface area contributed by atoms with E-state index in [4.69, 9.17) is 0 Å². The summed E-state index contributed by atoms with van der Waals surface area (Å²) in [5, 5.41) is 0. The molecule has 114 valence electrons. The van der Waals surface area contributed by atoms with E-state index in [0.717, 1.165) is 27.4 Å². The van der Waals surface area contributed by atoms with Gasteiger partial charge in [-0.2, -0.15) is 0 Å². The highest BCUT2D eigenvalue weighted by molar-refractivity contribution is 9.10. The van der Waals surface area contributed by atoms with Gasteiger partial charge >= 0.3 is 0 Å². The van der Waals surface area contributed by atoms with E-state index >= 15 is 0 Å². The summed E-state index contributed by atoms with van der Waals surface area (Å²) in [6, 6.07) is 22.3. The molecule has 0 spiro atoms. The number of hydrogen-bond donors (Lipinski definition) is 0. The van der Waals surface area contributed by atoms with Crippen molar-refractivity contribution in [1.29, 1.82) is 0 Å². The lowest BCUT2D eigenvalue weighted by atomic mass is 9.68. The number of aldehydes is 1. The molecule has 0 saturated heterocycles. The number of benzene rings is 2. The van der Waals surface area contributed by atoms with Gasteiger partial charge in [0.1, 0.15) is 6.29 Å². The Hall–Kier alpha value is -2.26. The molecule has 1 heterocycles. The van der Waals surface area contributed by atoms with E-state index in [2.05, 4.69) is 45.2 Å². The number of carbonyl (C=O) groups excluding carboxylic acids is 1. The average Bonchev–Trinajstić information content (AvgIpc) is 2.61. The first-order chi connectivity index (χ1) is 11.3. The fourth-order valence-corrected chi connectivity index (χ4v) is 3.49. The molecule has 2 aromatic carbocycles. The van der Waals surface area contributed by atoms with Crippen LogP contribution < -0.4 is 0 Å². The average molecular weight is 366 g/mol. The zero-order chi connectivity index (χ0) is 16.1. The normalized spacial score (nSPS) is 13.3. The summed E-state index contributed by atoms with van der Waals surface area (Å²) in [6.45, 7) is 0. The van der Waals surface area contributed by atoms with Gasteiger partial charge in [0.05, 0.1) is 5.41 Å². The van der Waals surface area contributed by atoms with Crippen molar-refractivity contribution in [2.24, 2.45) is 0 Å². The van der Waals surface area contributed by atoms with Crippen LogP contribution in [0, 0.1) is 0 Å². The smallest absolute Gasteiger partial charge is 0.121 e. The number of aromatic nitrogens is 1. The summed E-state index contributed by atoms with van der Waals surface area (Å²) in [5.74, 6) is 0. The van der Waals surface area contributed by atoms with Crippen molar-refractivity contribution in [3.63, 3.8) is 0 Å².